The Morgan fingerprint density at radius 2 is 1.84 bits per heavy atom. The Labute approximate surface area is 183 Å². The molecule has 3 N–H and O–H groups in total. The summed E-state index contributed by atoms with van der Waals surface area (Å²) >= 11 is 1.38. The molecule has 2 aromatic carbocycles. The van der Waals surface area contributed by atoms with E-state index < -0.39 is 11.7 Å². The molecule has 160 valence electrons. The van der Waals surface area contributed by atoms with E-state index >= 15 is 0 Å². The average Bonchev–Trinajstić information content (AvgIpc) is 3.18. The number of alkyl carbamates (subject to hydrolysis) is 1. The number of thiophene rings is 1. The lowest BCUT2D eigenvalue weighted by atomic mass is 9.95. The van der Waals surface area contributed by atoms with Gasteiger partial charge in [0.1, 0.15) is 16.1 Å². The number of aromatic nitrogens is 1. The van der Waals surface area contributed by atoms with E-state index in [1.807, 2.05) is 63.4 Å². The minimum atomic E-state index is -0.562. The van der Waals surface area contributed by atoms with Gasteiger partial charge in [0.15, 0.2) is 0 Å². The van der Waals surface area contributed by atoms with Crippen molar-refractivity contribution in [3.05, 3.63) is 63.8 Å². The van der Waals surface area contributed by atoms with E-state index in [0.29, 0.717) is 15.8 Å². The van der Waals surface area contributed by atoms with Gasteiger partial charge in [-0.1, -0.05) is 24.3 Å². The van der Waals surface area contributed by atoms with Crippen LogP contribution in [0.3, 0.4) is 0 Å². The summed E-state index contributed by atoms with van der Waals surface area (Å²) in [6, 6.07) is 12.6. The maximum absolute atomic E-state index is 12.3. The zero-order valence-corrected chi connectivity index (χ0v) is 18.6. The van der Waals surface area contributed by atoms with Crippen LogP contribution >= 0.6 is 11.3 Å². The minimum Gasteiger partial charge on any atom is -0.507 e. The molecule has 1 unspecified atom stereocenters. The molecule has 1 atom stereocenters. The number of phenolic OH excluding ortho intramolecular Hbond substituents is 1. The highest BCUT2D eigenvalue weighted by Gasteiger charge is 2.19. The van der Waals surface area contributed by atoms with Gasteiger partial charge in [-0.25, -0.2) is 4.79 Å². The van der Waals surface area contributed by atoms with Crippen molar-refractivity contribution < 1.29 is 14.6 Å². The first-order valence-corrected chi connectivity index (χ1v) is 10.9. The molecule has 0 radical (unpaired) electrons. The van der Waals surface area contributed by atoms with Crippen LogP contribution in [0, 0.1) is 0 Å². The SMILES string of the molecule is CC(NC(=O)OC(C)(C)C)c1ccc(-c2c(O)ccc3[nH]c(=O)c4sccc4c23)cc1. The fourth-order valence-corrected chi connectivity index (χ4v) is 4.43. The molecule has 4 rings (SSSR count). The number of fused-ring (bicyclic) bond motifs is 3. The van der Waals surface area contributed by atoms with Crippen LogP contribution in [0.15, 0.2) is 52.6 Å². The van der Waals surface area contributed by atoms with E-state index in [1.54, 1.807) is 12.1 Å². The number of hydrogen-bond donors (Lipinski definition) is 3. The van der Waals surface area contributed by atoms with Crippen LogP contribution in [-0.4, -0.2) is 21.8 Å². The van der Waals surface area contributed by atoms with Crippen LogP contribution in [0.25, 0.3) is 32.1 Å². The van der Waals surface area contributed by atoms with Crippen LogP contribution in [-0.2, 0) is 4.74 Å². The van der Waals surface area contributed by atoms with E-state index in [9.17, 15) is 14.7 Å². The number of ether oxygens (including phenoxy) is 1. The molecule has 0 bridgehead atoms. The molecule has 0 aliphatic rings. The third-order valence-electron chi connectivity index (χ3n) is 5.00. The third-order valence-corrected chi connectivity index (χ3v) is 5.92. The number of pyridine rings is 1. The number of amides is 1. The molecule has 2 heterocycles. The van der Waals surface area contributed by atoms with Gasteiger partial charge in [0, 0.05) is 21.9 Å². The molecule has 4 aromatic rings. The molecule has 0 aliphatic carbocycles. The van der Waals surface area contributed by atoms with Crippen molar-refractivity contribution >= 4 is 38.4 Å². The first kappa shape index (κ1) is 20.9. The summed E-state index contributed by atoms with van der Waals surface area (Å²) in [5.74, 6) is 0.139. The van der Waals surface area contributed by atoms with Crippen molar-refractivity contribution in [1.29, 1.82) is 0 Å². The highest BCUT2D eigenvalue weighted by atomic mass is 32.1. The Balaban J connectivity index is 1.71. The van der Waals surface area contributed by atoms with Crippen molar-refractivity contribution in [2.75, 3.05) is 0 Å². The second-order valence-electron chi connectivity index (χ2n) is 8.49. The average molecular weight is 437 g/mol. The Morgan fingerprint density at radius 3 is 2.52 bits per heavy atom. The lowest BCUT2D eigenvalue weighted by Gasteiger charge is -2.22. The number of rotatable bonds is 3. The van der Waals surface area contributed by atoms with Gasteiger partial charge < -0.3 is 20.1 Å². The highest BCUT2D eigenvalue weighted by Crippen LogP contribution is 2.39. The van der Waals surface area contributed by atoms with Crippen LogP contribution in [0.4, 0.5) is 4.79 Å². The third kappa shape index (κ3) is 4.14. The summed E-state index contributed by atoms with van der Waals surface area (Å²) in [5.41, 5.74) is 2.36. The first-order chi connectivity index (χ1) is 14.6. The van der Waals surface area contributed by atoms with Crippen molar-refractivity contribution in [3.8, 4) is 16.9 Å². The predicted molar refractivity (Wildman–Crippen MR) is 125 cm³/mol. The molecule has 1 amide bonds. The zero-order chi connectivity index (χ0) is 22.3. The van der Waals surface area contributed by atoms with Gasteiger partial charge in [-0.05, 0) is 62.4 Å². The van der Waals surface area contributed by atoms with Crippen LogP contribution in [0.2, 0.25) is 0 Å². The van der Waals surface area contributed by atoms with Gasteiger partial charge in [-0.2, -0.15) is 0 Å². The van der Waals surface area contributed by atoms with Crippen molar-refractivity contribution in [2.24, 2.45) is 0 Å². The fraction of sp³-hybridized carbons (Fsp3) is 0.250. The Bertz CT molecular complexity index is 1330. The molecular formula is C24H24N2O4S. The topological polar surface area (TPSA) is 91.4 Å². The van der Waals surface area contributed by atoms with Gasteiger partial charge in [0.25, 0.3) is 5.56 Å². The number of carbonyl (C=O) groups is 1. The second kappa shape index (κ2) is 7.74. The van der Waals surface area contributed by atoms with E-state index in [4.69, 9.17) is 4.74 Å². The second-order valence-corrected chi connectivity index (χ2v) is 9.41. The number of benzene rings is 2. The molecule has 0 aliphatic heterocycles. The normalized spacial score (nSPS) is 12.8. The minimum absolute atomic E-state index is 0.133. The molecule has 31 heavy (non-hydrogen) atoms. The van der Waals surface area contributed by atoms with Gasteiger partial charge >= 0.3 is 6.09 Å². The summed E-state index contributed by atoms with van der Waals surface area (Å²) < 4.78 is 5.95. The lowest BCUT2D eigenvalue weighted by molar-refractivity contribution is 0.0508. The quantitative estimate of drug-likeness (QED) is 0.384. The van der Waals surface area contributed by atoms with Crippen LogP contribution < -0.4 is 10.9 Å². The van der Waals surface area contributed by atoms with Gasteiger partial charge in [-0.15, -0.1) is 11.3 Å². The van der Waals surface area contributed by atoms with E-state index in [1.165, 1.54) is 11.3 Å². The number of phenols is 1. The van der Waals surface area contributed by atoms with E-state index in [-0.39, 0.29) is 17.4 Å². The fourth-order valence-electron chi connectivity index (χ4n) is 3.63. The largest absolute Gasteiger partial charge is 0.507 e. The summed E-state index contributed by atoms with van der Waals surface area (Å²) in [4.78, 5) is 27.3. The zero-order valence-electron chi connectivity index (χ0n) is 17.8. The molecular weight excluding hydrogens is 412 g/mol. The molecule has 6 nitrogen and oxygen atoms in total. The first-order valence-electron chi connectivity index (χ1n) is 9.99. The molecule has 0 spiro atoms. The summed E-state index contributed by atoms with van der Waals surface area (Å²) in [5, 5.41) is 17.0. The summed E-state index contributed by atoms with van der Waals surface area (Å²) in [6.45, 7) is 7.34. The van der Waals surface area contributed by atoms with Gasteiger partial charge in [-0.3, -0.25) is 4.79 Å². The Hall–Kier alpha value is -3.32. The van der Waals surface area contributed by atoms with Crippen molar-refractivity contribution in [1.82, 2.24) is 10.3 Å². The van der Waals surface area contributed by atoms with Crippen LogP contribution in [0.1, 0.15) is 39.3 Å². The molecule has 0 saturated carbocycles. The monoisotopic (exact) mass is 436 g/mol. The van der Waals surface area contributed by atoms with E-state index in [0.717, 1.165) is 21.9 Å². The summed E-state index contributed by atoms with van der Waals surface area (Å²) in [6.07, 6.45) is -0.473. The number of aromatic amines is 1. The standard InChI is InChI=1S/C24H24N2O4S/c1-13(25-23(29)30-24(2,3)4)14-5-7-15(8-6-14)19-18(27)10-9-17-20(19)16-11-12-31-21(16)22(28)26-17/h5-13,27H,1-4H3,(H,25,29)(H,26,28). The Kier molecular flexibility index (Phi) is 5.23. The highest BCUT2D eigenvalue weighted by molar-refractivity contribution is 7.17. The number of carbonyl (C=O) groups excluding carboxylic acids is 1. The number of aromatic hydroxyl groups is 1. The van der Waals surface area contributed by atoms with Gasteiger partial charge in [0.2, 0.25) is 0 Å². The maximum atomic E-state index is 12.3. The van der Waals surface area contributed by atoms with Crippen molar-refractivity contribution in [3.63, 3.8) is 0 Å². The Morgan fingerprint density at radius 1 is 1.13 bits per heavy atom. The van der Waals surface area contributed by atoms with Crippen LogP contribution in [0.5, 0.6) is 5.75 Å². The maximum Gasteiger partial charge on any atom is 0.408 e. The van der Waals surface area contributed by atoms with E-state index in [2.05, 4.69) is 10.3 Å². The molecule has 7 heteroatoms. The molecule has 0 fully saturated rings. The number of H-pyrrole nitrogens is 1. The predicted octanol–water partition coefficient (Wildman–Crippen LogP) is 5.70. The number of hydrogen-bond acceptors (Lipinski definition) is 5. The lowest BCUT2D eigenvalue weighted by Crippen LogP contribution is -2.34. The number of nitrogens with one attached hydrogen (secondary N) is 2. The smallest absolute Gasteiger partial charge is 0.408 e. The molecule has 0 saturated heterocycles. The summed E-state index contributed by atoms with van der Waals surface area (Å²) in [7, 11) is 0. The van der Waals surface area contributed by atoms with Gasteiger partial charge in [0.05, 0.1) is 6.04 Å². The molecule has 2 aromatic heterocycles. The van der Waals surface area contributed by atoms with Crippen molar-refractivity contribution in [2.45, 2.75) is 39.3 Å².